The van der Waals surface area contributed by atoms with E-state index < -0.39 is 0 Å². The molecule has 2 nitrogen and oxygen atoms in total. The fourth-order valence-corrected chi connectivity index (χ4v) is 3.26. The molecule has 144 valence electrons. The Morgan fingerprint density at radius 1 is 0.800 bits per heavy atom. The molecule has 0 aromatic heterocycles. The highest BCUT2D eigenvalue weighted by Crippen LogP contribution is 2.22. The van der Waals surface area contributed by atoms with Gasteiger partial charge in [0.2, 0.25) is 0 Å². The first-order valence-electron chi connectivity index (χ1n) is 10.3. The van der Waals surface area contributed by atoms with E-state index in [4.69, 9.17) is 4.74 Å². The Hall–Kier alpha value is -0.860. The zero-order valence-corrected chi connectivity index (χ0v) is 17.2. The molecule has 0 heterocycles. The number of nitrogens with zero attached hydrogens (tertiary/aromatic N) is 1. The fraction of sp³-hybridized carbons (Fsp3) is 0.739. The van der Waals surface area contributed by atoms with E-state index in [1.165, 1.54) is 63.4 Å². The van der Waals surface area contributed by atoms with Gasteiger partial charge >= 0.3 is 0 Å². The molecular weight excluding hydrogens is 306 g/mol. The third-order valence-corrected chi connectivity index (χ3v) is 4.71. The average Bonchev–Trinajstić information content (AvgIpc) is 2.56. The quantitative estimate of drug-likeness (QED) is 0.276. The van der Waals surface area contributed by atoms with Crippen LogP contribution in [0.3, 0.4) is 0 Å². The summed E-state index contributed by atoms with van der Waals surface area (Å²) in [6, 6.07) is 10.7. The van der Waals surface area contributed by atoms with Crippen LogP contribution in [0.4, 0.5) is 0 Å². The number of methoxy groups -OCH3 is 1. The predicted octanol–water partition coefficient (Wildman–Crippen LogP) is 6.65. The van der Waals surface area contributed by atoms with Gasteiger partial charge in [0.05, 0.1) is 6.73 Å². The minimum absolute atomic E-state index is 0.508. The van der Waals surface area contributed by atoms with Gasteiger partial charge in [0, 0.05) is 20.2 Å². The van der Waals surface area contributed by atoms with Gasteiger partial charge in [-0.3, -0.25) is 4.90 Å². The highest BCUT2D eigenvalue weighted by Gasteiger charge is 2.08. The van der Waals surface area contributed by atoms with Crippen LogP contribution in [0.15, 0.2) is 30.3 Å². The van der Waals surface area contributed by atoms with Crippen molar-refractivity contribution in [2.75, 3.05) is 20.4 Å². The lowest BCUT2D eigenvalue weighted by Crippen LogP contribution is -2.26. The van der Waals surface area contributed by atoms with Crippen molar-refractivity contribution in [3.63, 3.8) is 0 Å². The molecule has 0 fully saturated rings. The Kier molecular flexibility index (Phi) is 11.9. The van der Waals surface area contributed by atoms with E-state index in [9.17, 15) is 0 Å². The maximum absolute atomic E-state index is 5.36. The van der Waals surface area contributed by atoms with E-state index in [1.54, 1.807) is 7.11 Å². The molecule has 0 aliphatic rings. The molecular formula is C23H41NO. The summed E-state index contributed by atoms with van der Waals surface area (Å²) in [6.45, 7) is 9.88. The van der Waals surface area contributed by atoms with Crippen molar-refractivity contribution in [1.82, 2.24) is 4.90 Å². The molecule has 25 heavy (non-hydrogen) atoms. The summed E-state index contributed by atoms with van der Waals surface area (Å²) in [7, 11) is 1.79. The predicted molar refractivity (Wildman–Crippen MR) is 110 cm³/mol. The van der Waals surface area contributed by atoms with Crippen molar-refractivity contribution in [3.8, 4) is 0 Å². The Morgan fingerprint density at radius 3 is 1.92 bits per heavy atom. The lowest BCUT2D eigenvalue weighted by atomic mass is 9.89. The zero-order valence-electron chi connectivity index (χ0n) is 17.2. The minimum atomic E-state index is 0.508. The van der Waals surface area contributed by atoms with Crippen LogP contribution < -0.4 is 0 Å². The molecule has 1 rings (SSSR count). The molecule has 0 amide bonds. The van der Waals surface area contributed by atoms with Crippen LogP contribution in [-0.4, -0.2) is 25.3 Å². The molecule has 0 N–H and O–H groups in total. The Labute approximate surface area is 157 Å². The topological polar surface area (TPSA) is 12.5 Å². The van der Waals surface area contributed by atoms with Crippen molar-refractivity contribution in [3.05, 3.63) is 35.9 Å². The normalized spacial score (nSPS) is 12.0. The van der Waals surface area contributed by atoms with Crippen LogP contribution in [0.1, 0.15) is 84.1 Å². The van der Waals surface area contributed by atoms with E-state index in [1.807, 2.05) is 0 Å². The van der Waals surface area contributed by atoms with E-state index in [0.717, 1.165) is 19.8 Å². The largest absolute Gasteiger partial charge is 0.369 e. The molecule has 0 spiro atoms. The second-order valence-electron chi connectivity index (χ2n) is 8.60. The minimum Gasteiger partial charge on any atom is -0.369 e. The summed E-state index contributed by atoms with van der Waals surface area (Å²) in [4.78, 5) is 2.40. The highest BCUT2D eigenvalue weighted by atomic mass is 16.5. The van der Waals surface area contributed by atoms with Gasteiger partial charge in [-0.2, -0.15) is 0 Å². The van der Waals surface area contributed by atoms with Gasteiger partial charge in [-0.05, 0) is 23.8 Å². The van der Waals surface area contributed by atoms with E-state index >= 15 is 0 Å². The lowest BCUT2D eigenvalue weighted by Gasteiger charge is -2.21. The molecule has 0 aliphatic heterocycles. The highest BCUT2D eigenvalue weighted by molar-refractivity contribution is 5.14. The number of hydrogen-bond acceptors (Lipinski definition) is 2. The van der Waals surface area contributed by atoms with Crippen LogP contribution in [0, 0.1) is 5.41 Å². The van der Waals surface area contributed by atoms with Crippen LogP contribution >= 0.6 is 0 Å². The van der Waals surface area contributed by atoms with Crippen molar-refractivity contribution >= 4 is 0 Å². The first-order valence-corrected chi connectivity index (χ1v) is 10.3. The van der Waals surface area contributed by atoms with Gasteiger partial charge < -0.3 is 4.74 Å². The third kappa shape index (κ3) is 13.1. The second kappa shape index (κ2) is 13.4. The van der Waals surface area contributed by atoms with Crippen LogP contribution in [0.25, 0.3) is 0 Å². The number of benzene rings is 1. The number of hydrogen-bond donors (Lipinski definition) is 0. The van der Waals surface area contributed by atoms with Gasteiger partial charge in [0.1, 0.15) is 0 Å². The van der Waals surface area contributed by atoms with Gasteiger partial charge in [0.25, 0.3) is 0 Å². The molecule has 0 saturated heterocycles. The third-order valence-electron chi connectivity index (χ3n) is 4.71. The summed E-state index contributed by atoms with van der Waals surface area (Å²) in [5, 5.41) is 0. The number of unbranched alkanes of at least 4 members (excludes halogenated alkanes) is 7. The molecule has 1 aromatic rings. The van der Waals surface area contributed by atoms with Crippen LogP contribution in [-0.2, 0) is 11.3 Å². The van der Waals surface area contributed by atoms with Gasteiger partial charge in [0.15, 0.2) is 0 Å². The lowest BCUT2D eigenvalue weighted by molar-refractivity contribution is 0.0565. The van der Waals surface area contributed by atoms with Crippen LogP contribution in [0.2, 0.25) is 0 Å². The van der Waals surface area contributed by atoms with Crippen molar-refractivity contribution in [1.29, 1.82) is 0 Å². The number of ether oxygens (including phenoxy) is 1. The van der Waals surface area contributed by atoms with Crippen LogP contribution in [0.5, 0.6) is 0 Å². The monoisotopic (exact) mass is 347 g/mol. The first-order chi connectivity index (χ1) is 12.0. The Morgan fingerprint density at radius 2 is 1.36 bits per heavy atom. The van der Waals surface area contributed by atoms with Gasteiger partial charge in [-0.15, -0.1) is 0 Å². The molecule has 0 unspecified atom stereocenters. The van der Waals surface area contributed by atoms with Crippen molar-refractivity contribution < 1.29 is 4.74 Å². The van der Waals surface area contributed by atoms with E-state index in [0.29, 0.717) is 5.41 Å². The molecule has 0 bridgehead atoms. The maximum Gasteiger partial charge on any atom is 0.0989 e. The van der Waals surface area contributed by atoms with Crippen molar-refractivity contribution in [2.45, 2.75) is 85.1 Å². The molecule has 2 heteroatoms. The first kappa shape index (κ1) is 22.2. The van der Waals surface area contributed by atoms with Gasteiger partial charge in [-0.25, -0.2) is 0 Å². The standard InChI is InChI=1S/C23H41NO/c1-23(2,3)18-14-9-7-5-6-8-10-15-19-24(21-25-4)20-22-16-12-11-13-17-22/h11-13,16-17H,5-10,14-15,18-21H2,1-4H3. The number of rotatable bonds is 14. The molecule has 0 radical (unpaired) electrons. The second-order valence-corrected chi connectivity index (χ2v) is 8.60. The summed E-state index contributed by atoms with van der Waals surface area (Å²) < 4.78 is 5.36. The van der Waals surface area contributed by atoms with E-state index in [-0.39, 0.29) is 0 Å². The molecule has 0 saturated carbocycles. The fourth-order valence-electron chi connectivity index (χ4n) is 3.26. The average molecular weight is 348 g/mol. The Bertz CT molecular complexity index is 410. The molecule has 1 aromatic carbocycles. The molecule has 0 aliphatic carbocycles. The summed E-state index contributed by atoms with van der Waals surface area (Å²) in [5.41, 5.74) is 1.88. The van der Waals surface area contributed by atoms with Crippen molar-refractivity contribution in [2.24, 2.45) is 5.41 Å². The Balaban J connectivity index is 2.01. The summed E-state index contributed by atoms with van der Waals surface area (Å²) >= 11 is 0. The summed E-state index contributed by atoms with van der Waals surface area (Å²) in [5.74, 6) is 0. The van der Waals surface area contributed by atoms with E-state index in [2.05, 4.69) is 56.0 Å². The molecule has 0 atom stereocenters. The van der Waals surface area contributed by atoms with Gasteiger partial charge in [-0.1, -0.05) is 96.0 Å². The zero-order chi connectivity index (χ0) is 18.4. The SMILES string of the molecule is COCN(CCCCCCCCCCC(C)(C)C)Cc1ccccc1. The smallest absolute Gasteiger partial charge is 0.0989 e. The maximum atomic E-state index is 5.36. The summed E-state index contributed by atoms with van der Waals surface area (Å²) in [6.07, 6.45) is 12.4.